The minimum Gasteiger partial charge on any atom is -0.349 e. The van der Waals surface area contributed by atoms with Crippen molar-refractivity contribution in [1.29, 1.82) is 0 Å². The van der Waals surface area contributed by atoms with E-state index in [1.807, 2.05) is 18.4 Å². The largest absolute Gasteiger partial charge is 0.349 e. The Bertz CT molecular complexity index is 580. The summed E-state index contributed by atoms with van der Waals surface area (Å²) in [5, 5.41) is 4.16. The molecule has 0 spiro atoms. The molecule has 4 aliphatic carbocycles. The van der Waals surface area contributed by atoms with Gasteiger partial charge in [-0.3, -0.25) is 4.79 Å². The first-order valence-corrected chi connectivity index (χ1v) is 10.1. The van der Waals surface area contributed by atoms with Gasteiger partial charge in [-0.2, -0.15) is 0 Å². The molecule has 0 unspecified atom stereocenters. The molecule has 1 amide bonds. The molecule has 4 heteroatoms. The highest BCUT2D eigenvalue weighted by Crippen LogP contribution is 2.61. The second-order valence-corrected chi connectivity index (χ2v) is 8.83. The summed E-state index contributed by atoms with van der Waals surface area (Å²) >= 11 is 1.54. The number of hydrogen-bond donors (Lipinski definition) is 1. The summed E-state index contributed by atoms with van der Waals surface area (Å²) in [4.78, 5) is 17.1. The van der Waals surface area contributed by atoms with Gasteiger partial charge in [0.1, 0.15) is 5.03 Å². The van der Waals surface area contributed by atoms with Crippen LogP contribution in [0.2, 0.25) is 0 Å². The number of nitrogens with zero attached hydrogens (tertiary/aromatic N) is 1. The molecule has 4 fully saturated rings. The van der Waals surface area contributed by atoms with Crippen LogP contribution in [0.25, 0.3) is 0 Å². The van der Waals surface area contributed by atoms with E-state index in [0.29, 0.717) is 5.41 Å². The monoisotopic (exact) mass is 330 g/mol. The molecule has 23 heavy (non-hydrogen) atoms. The Balaban J connectivity index is 1.51. The molecule has 0 aliphatic heterocycles. The summed E-state index contributed by atoms with van der Waals surface area (Å²) in [6.45, 7) is 2.24. The third-order valence-electron chi connectivity index (χ3n) is 6.56. The molecular weight excluding hydrogens is 304 g/mol. The first kappa shape index (κ1) is 15.5. The minimum atomic E-state index is 0.0469. The second kappa shape index (κ2) is 5.80. The Hall–Kier alpha value is -1.03. The molecule has 124 valence electrons. The lowest BCUT2D eigenvalue weighted by atomic mass is 9.48. The predicted molar refractivity (Wildman–Crippen MR) is 93.6 cm³/mol. The number of carbonyl (C=O) groups is 1. The lowest BCUT2D eigenvalue weighted by molar-refractivity contribution is -0.0688. The van der Waals surface area contributed by atoms with Gasteiger partial charge in [-0.1, -0.05) is 0 Å². The van der Waals surface area contributed by atoms with Crippen LogP contribution in [0.15, 0.2) is 23.4 Å². The summed E-state index contributed by atoms with van der Waals surface area (Å²) in [7, 11) is 0. The van der Waals surface area contributed by atoms with Gasteiger partial charge >= 0.3 is 0 Å². The number of aromatic nitrogens is 1. The molecule has 0 saturated heterocycles. The van der Waals surface area contributed by atoms with Crippen molar-refractivity contribution in [2.24, 2.45) is 23.2 Å². The van der Waals surface area contributed by atoms with Crippen LogP contribution >= 0.6 is 11.8 Å². The standard InChI is InChI=1S/C19H26N2OS/c1-12(21-17(22)16-4-3-5-20-18(16)23-2)19-9-13-6-14(10-19)8-15(7-13)11-19/h3-5,12-15H,6-11H2,1-2H3,(H,21,22)/t12-,13?,14?,15?,19?/m0/s1. The lowest BCUT2D eigenvalue weighted by Gasteiger charge is -2.59. The van der Waals surface area contributed by atoms with Crippen molar-refractivity contribution in [1.82, 2.24) is 10.3 Å². The Kier molecular flexibility index (Phi) is 3.91. The maximum Gasteiger partial charge on any atom is 0.254 e. The molecule has 1 aromatic rings. The zero-order valence-corrected chi connectivity index (χ0v) is 14.9. The molecule has 4 aliphatic rings. The maximum atomic E-state index is 12.8. The van der Waals surface area contributed by atoms with Crippen molar-refractivity contribution in [3.05, 3.63) is 23.9 Å². The first-order valence-electron chi connectivity index (χ1n) is 8.89. The Morgan fingerprint density at radius 2 is 1.87 bits per heavy atom. The highest BCUT2D eigenvalue weighted by atomic mass is 32.2. The van der Waals surface area contributed by atoms with Crippen LogP contribution < -0.4 is 5.32 Å². The van der Waals surface area contributed by atoms with E-state index in [4.69, 9.17) is 0 Å². The summed E-state index contributed by atoms with van der Waals surface area (Å²) in [6.07, 6.45) is 12.0. The van der Waals surface area contributed by atoms with Crippen LogP contribution in [-0.4, -0.2) is 23.2 Å². The number of nitrogens with one attached hydrogen (secondary N) is 1. The van der Waals surface area contributed by atoms with E-state index in [2.05, 4.69) is 17.2 Å². The molecule has 3 nitrogen and oxygen atoms in total. The molecule has 4 saturated carbocycles. The van der Waals surface area contributed by atoms with Gasteiger partial charge in [0.05, 0.1) is 5.56 Å². The van der Waals surface area contributed by atoms with Crippen molar-refractivity contribution in [3.8, 4) is 0 Å². The van der Waals surface area contributed by atoms with Crippen LogP contribution in [-0.2, 0) is 0 Å². The predicted octanol–water partition coefficient (Wildman–Crippen LogP) is 4.14. The van der Waals surface area contributed by atoms with E-state index in [1.165, 1.54) is 50.3 Å². The van der Waals surface area contributed by atoms with Crippen LogP contribution in [0.5, 0.6) is 0 Å². The number of carbonyl (C=O) groups excluding carboxylic acids is 1. The van der Waals surface area contributed by atoms with Gasteiger partial charge in [0, 0.05) is 12.2 Å². The molecule has 4 bridgehead atoms. The molecular formula is C19H26N2OS. The Morgan fingerprint density at radius 3 is 2.43 bits per heavy atom. The van der Waals surface area contributed by atoms with Crippen molar-refractivity contribution >= 4 is 17.7 Å². The van der Waals surface area contributed by atoms with Gasteiger partial charge in [-0.25, -0.2) is 4.98 Å². The highest BCUT2D eigenvalue weighted by molar-refractivity contribution is 7.98. The number of thioether (sulfide) groups is 1. The van der Waals surface area contributed by atoms with E-state index in [0.717, 1.165) is 28.3 Å². The van der Waals surface area contributed by atoms with Gasteiger partial charge in [-0.05, 0) is 87.0 Å². The molecule has 1 N–H and O–H groups in total. The molecule has 5 rings (SSSR count). The van der Waals surface area contributed by atoms with Crippen LogP contribution in [0.3, 0.4) is 0 Å². The highest BCUT2D eigenvalue weighted by Gasteiger charge is 2.53. The van der Waals surface area contributed by atoms with Gasteiger partial charge in [0.15, 0.2) is 0 Å². The molecule has 0 aromatic carbocycles. The lowest BCUT2D eigenvalue weighted by Crippen LogP contribution is -2.55. The van der Waals surface area contributed by atoms with Gasteiger partial charge < -0.3 is 5.32 Å². The Labute approximate surface area is 143 Å². The number of rotatable bonds is 4. The van der Waals surface area contributed by atoms with Crippen molar-refractivity contribution in [3.63, 3.8) is 0 Å². The topological polar surface area (TPSA) is 42.0 Å². The summed E-state index contributed by atoms with van der Waals surface area (Å²) in [5.74, 6) is 2.80. The average molecular weight is 330 g/mol. The van der Waals surface area contributed by atoms with Crippen molar-refractivity contribution in [2.45, 2.75) is 56.5 Å². The summed E-state index contributed by atoms with van der Waals surface area (Å²) in [5.41, 5.74) is 1.07. The van der Waals surface area contributed by atoms with Gasteiger partial charge in [0.2, 0.25) is 0 Å². The third kappa shape index (κ3) is 2.69. The van der Waals surface area contributed by atoms with Crippen molar-refractivity contribution in [2.75, 3.05) is 6.26 Å². The fourth-order valence-corrected chi connectivity index (χ4v) is 6.41. The maximum absolute atomic E-state index is 12.8. The SMILES string of the molecule is CSc1ncccc1C(=O)N[C@@H](C)C12CC3CC(CC(C3)C1)C2. The van der Waals surface area contributed by atoms with Gasteiger partial charge in [0.25, 0.3) is 5.91 Å². The third-order valence-corrected chi connectivity index (χ3v) is 7.27. The number of amides is 1. The first-order chi connectivity index (χ1) is 11.1. The fraction of sp³-hybridized carbons (Fsp3) is 0.684. The minimum absolute atomic E-state index is 0.0469. The average Bonchev–Trinajstić information content (AvgIpc) is 2.53. The van der Waals surface area contributed by atoms with Crippen molar-refractivity contribution < 1.29 is 4.79 Å². The van der Waals surface area contributed by atoms with Crippen LogP contribution in [0.4, 0.5) is 0 Å². The van der Waals surface area contributed by atoms with E-state index in [1.54, 1.807) is 6.20 Å². The zero-order valence-electron chi connectivity index (χ0n) is 14.0. The summed E-state index contributed by atoms with van der Waals surface area (Å²) < 4.78 is 0. The quantitative estimate of drug-likeness (QED) is 0.844. The smallest absolute Gasteiger partial charge is 0.254 e. The van der Waals surface area contributed by atoms with E-state index in [-0.39, 0.29) is 11.9 Å². The normalized spacial score (nSPS) is 36.0. The zero-order chi connectivity index (χ0) is 16.0. The van der Waals surface area contributed by atoms with Gasteiger partial charge in [-0.15, -0.1) is 11.8 Å². The molecule has 1 aromatic heterocycles. The van der Waals surface area contributed by atoms with E-state index < -0.39 is 0 Å². The Morgan fingerprint density at radius 1 is 1.26 bits per heavy atom. The fourth-order valence-electron chi connectivity index (χ4n) is 5.86. The second-order valence-electron chi connectivity index (χ2n) is 8.04. The van der Waals surface area contributed by atoms with Crippen LogP contribution in [0.1, 0.15) is 55.8 Å². The summed E-state index contributed by atoms with van der Waals surface area (Å²) in [6, 6.07) is 4.00. The van der Waals surface area contributed by atoms with E-state index >= 15 is 0 Å². The number of hydrogen-bond acceptors (Lipinski definition) is 3. The molecule has 1 atom stereocenters. The van der Waals surface area contributed by atoms with Crippen LogP contribution in [0, 0.1) is 23.2 Å². The van der Waals surface area contributed by atoms with E-state index in [9.17, 15) is 4.79 Å². The number of pyridine rings is 1. The molecule has 1 heterocycles. The molecule has 0 radical (unpaired) electrons.